The maximum atomic E-state index is 10.3. The van der Waals surface area contributed by atoms with Crippen LogP contribution in [0, 0.1) is 11.3 Å². The standard InChI is InChI=1S/C12H10N4O4S/c13-2-11-10(18)12(11,19)8(17)6(20-11)4-1-21-7-5(4)15-3-16-9(7)14/h1,3,6,8,10,17-19H,(H2,14,15,16)/t6-,8-,10?,11+,12+/m0/s1. The molecule has 3 heterocycles. The molecule has 9 heteroatoms. The van der Waals surface area contributed by atoms with Crippen molar-refractivity contribution < 1.29 is 20.1 Å². The summed E-state index contributed by atoms with van der Waals surface area (Å²) in [6.45, 7) is 0. The van der Waals surface area contributed by atoms with E-state index in [9.17, 15) is 15.3 Å². The Balaban J connectivity index is 1.82. The van der Waals surface area contributed by atoms with Crippen LogP contribution in [0.1, 0.15) is 11.7 Å². The second-order valence-electron chi connectivity index (χ2n) is 5.19. The van der Waals surface area contributed by atoms with Crippen molar-refractivity contribution in [3.8, 4) is 6.07 Å². The van der Waals surface area contributed by atoms with Gasteiger partial charge in [0.1, 0.15) is 36.5 Å². The van der Waals surface area contributed by atoms with Gasteiger partial charge in [0.25, 0.3) is 0 Å². The van der Waals surface area contributed by atoms with Crippen molar-refractivity contribution in [2.75, 3.05) is 5.73 Å². The van der Waals surface area contributed by atoms with E-state index in [1.807, 2.05) is 0 Å². The van der Waals surface area contributed by atoms with Gasteiger partial charge in [-0.15, -0.1) is 11.3 Å². The highest BCUT2D eigenvalue weighted by atomic mass is 32.1. The number of nitrogen functional groups attached to an aromatic ring is 1. The first-order valence-corrected chi connectivity index (χ1v) is 7.00. The highest BCUT2D eigenvalue weighted by Crippen LogP contribution is 2.63. The molecule has 0 bridgehead atoms. The number of aliphatic hydroxyl groups is 3. The molecule has 108 valence electrons. The number of aliphatic hydroxyl groups excluding tert-OH is 2. The average molecular weight is 306 g/mol. The van der Waals surface area contributed by atoms with E-state index in [4.69, 9.17) is 15.7 Å². The van der Waals surface area contributed by atoms with E-state index in [1.165, 1.54) is 17.7 Å². The smallest absolute Gasteiger partial charge is 0.217 e. The first-order valence-electron chi connectivity index (χ1n) is 6.12. The SMILES string of the molecule is N#C[C@]12O[C@@H](c3csc4c(N)ncnc34)[C@H](O)[C@@]1(O)C2O. The Kier molecular flexibility index (Phi) is 2.25. The zero-order chi connectivity index (χ0) is 15.0. The maximum Gasteiger partial charge on any atom is 0.217 e. The summed E-state index contributed by atoms with van der Waals surface area (Å²) >= 11 is 1.28. The largest absolute Gasteiger partial charge is 0.387 e. The topological polar surface area (TPSA) is 146 Å². The third kappa shape index (κ3) is 1.23. The van der Waals surface area contributed by atoms with E-state index in [2.05, 4.69) is 9.97 Å². The molecule has 8 nitrogen and oxygen atoms in total. The van der Waals surface area contributed by atoms with E-state index in [-0.39, 0.29) is 0 Å². The molecule has 1 aliphatic heterocycles. The van der Waals surface area contributed by atoms with Crippen LogP contribution < -0.4 is 5.73 Å². The normalized spacial score (nSPS) is 41.0. The van der Waals surface area contributed by atoms with Crippen LogP contribution in [0.4, 0.5) is 5.82 Å². The first kappa shape index (κ1) is 12.9. The summed E-state index contributed by atoms with van der Waals surface area (Å²) in [4.78, 5) is 7.99. The molecule has 1 aliphatic carbocycles. The van der Waals surface area contributed by atoms with Gasteiger partial charge in [-0.3, -0.25) is 0 Å². The molecule has 2 fully saturated rings. The van der Waals surface area contributed by atoms with Gasteiger partial charge < -0.3 is 25.8 Å². The summed E-state index contributed by atoms with van der Waals surface area (Å²) in [6, 6.07) is 1.75. The van der Waals surface area contributed by atoms with E-state index in [0.717, 1.165) is 0 Å². The summed E-state index contributed by atoms with van der Waals surface area (Å²) in [7, 11) is 0. The van der Waals surface area contributed by atoms with Crippen LogP contribution in [0.25, 0.3) is 10.2 Å². The predicted octanol–water partition coefficient (Wildman–Crippen LogP) is -0.926. The molecular weight excluding hydrogens is 296 g/mol. The minimum absolute atomic E-state index is 0.308. The van der Waals surface area contributed by atoms with Crippen LogP contribution in [-0.2, 0) is 4.74 Å². The van der Waals surface area contributed by atoms with Crippen molar-refractivity contribution in [1.29, 1.82) is 5.26 Å². The maximum absolute atomic E-state index is 10.3. The molecule has 1 saturated heterocycles. The third-order valence-electron chi connectivity index (χ3n) is 4.25. The molecular formula is C12H10N4O4S. The van der Waals surface area contributed by atoms with Crippen molar-refractivity contribution in [1.82, 2.24) is 9.97 Å². The molecule has 2 aromatic rings. The third-order valence-corrected chi connectivity index (χ3v) is 5.26. The summed E-state index contributed by atoms with van der Waals surface area (Å²) in [5.41, 5.74) is 3.01. The molecule has 1 unspecified atom stereocenters. The number of rotatable bonds is 1. The van der Waals surface area contributed by atoms with Crippen molar-refractivity contribution in [3.05, 3.63) is 17.3 Å². The monoisotopic (exact) mass is 306 g/mol. The predicted molar refractivity (Wildman–Crippen MR) is 71.0 cm³/mol. The lowest BCUT2D eigenvalue weighted by Crippen LogP contribution is -2.34. The van der Waals surface area contributed by atoms with Gasteiger partial charge in [0.2, 0.25) is 5.60 Å². The zero-order valence-electron chi connectivity index (χ0n) is 10.5. The lowest BCUT2D eigenvalue weighted by Gasteiger charge is -2.20. The van der Waals surface area contributed by atoms with Crippen molar-refractivity contribution in [3.63, 3.8) is 0 Å². The fourth-order valence-corrected chi connectivity index (χ4v) is 3.92. The first-order chi connectivity index (χ1) is 9.97. The van der Waals surface area contributed by atoms with Crippen LogP contribution in [0.15, 0.2) is 11.7 Å². The van der Waals surface area contributed by atoms with Crippen molar-refractivity contribution >= 4 is 27.4 Å². The molecule has 1 saturated carbocycles. The molecule has 0 spiro atoms. The van der Waals surface area contributed by atoms with E-state index < -0.39 is 29.5 Å². The Hall–Kier alpha value is -1.83. The minimum atomic E-state index is -1.97. The quantitative estimate of drug-likeness (QED) is 0.529. The van der Waals surface area contributed by atoms with Gasteiger partial charge in [-0.2, -0.15) is 5.26 Å². The van der Waals surface area contributed by atoms with Gasteiger partial charge in [0.05, 0.1) is 10.2 Å². The molecule has 0 amide bonds. The highest BCUT2D eigenvalue weighted by Gasteiger charge is 2.88. The minimum Gasteiger partial charge on any atom is -0.387 e. The summed E-state index contributed by atoms with van der Waals surface area (Å²) in [5, 5.41) is 41.1. The number of anilines is 1. The summed E-state index contributed by atoms with van der Waals surface area (Å²) < 4.78 is 6.13. The van der Waals surface area contributed by atoms with E-state index >= 15 is 0 Å². The second kappa shape index (κ2) is 3.68. The van der Waals surface area contributed by atoms with Gasteiger partial charge >= 0.3 is 0 Å². The van der Waals surface area contributed by atoms with Gasteiger partial charge in [0, 0.05) is 5.56 Å². The van der Waals surface area contributed by atoms with Crippen LogP contribution in [-0.4, -0.2) is 48.7 Å². The lowest BCUT2D eigenvalue weighted by atomic mass is 10.0. The summed E-state index contributed by atoms with van der Waals surface area (Å²) in [5.74, 6) is 0.308. The van der Waals surface area contributed by atoms with E-state index in [1.54, 1.807) is 11.4 Å². The Morgan fingerprint density at radius 1 is 1.43 bits per heavy atom. The molecule has 21 heavy (non-hydrogen) atoms. The molecule has 0 radical (unpaired) electrons. The molecule has 2 aliphatic rings. The number of nitriles is 1. The molecule has 2 aromatic heterocycles. The van der Waals surface area contributed by atoms with Gasteiger partial charge in [0.15, 0.2) is 5.60 Å². The summed E-state index contributed by atoms with van der Waals surface area (Å²) in [6.07, 6.45) is -2.52. The Morgan fingerprint density at radius 3 is 2.86 bits per heavy atom. The number of nitrogens with two attached hydrogens (primary N) is 1. The molecule has 5 N–H and O–H groups in total. The van der Waals surface area contributed by atoms with E-state index in [0.29, 0.717) is 21.6 Å². The van der Waals surface area contributed by atoms with Gasteiger partial charge in [-0.1, -0.05) is 0 Å². The number of thiophene rings is 1. The number of hydrogen-bond acceptors (Lipinski definition) is 9. The Morgan fingerprint density at radius 2 is 2.19 bits per heavy atom. The zero-order valence-corrected chi connectivity index (χ0v) is 11.3. The number of ether oxygens (including phenoxy) is 1. The highest BCUT2D eigenvalue weighted by molar-refractivity contribution is 7.17. The molecule has 4 rings (SSSR count). The van der Waals surface area contributed by atoms with Crippen molar-refractivity contribution in [2.24, 2.45) is 0 Å². The van der Waals surface area contributed by atoms with Gasteiger partial charge in [-0.05, 0) is 5.38 Å². The number of fused-ring (bicyclic) bond motifs is 2. The number of hydrogen-bond donors (Lipinski definition) is 4. The van der Waals surface area contributed by atoms with Crippen LogP contribution in [0.2, 0.25) is 0 Å². The second-order valence-corrected chi connectivity index (χ2v) is 6.07. The lowest BCUT2D eigenvalue weighted by molar-refractivity contribution is -0.0726. The molecule has 5 atom stereocenters. The fourth-order valence-electron chi connectivity index (χ4n) is 2.97. The molecule has 0 aromatic carbocycles. The van der Waals surface area contributed by atoms with Crippen LogP contribution >= 0.6 is 11.3 Å². The average Bonchev–Trinajstić information content (AvgIpc) is 2.82. The fraction of sp³-hybridized carbons (Fsp3) is 0.417. The van der Waals surface area contributed by atoms with Gasteiger partial charge in [-0.25, -0.2) is 9.97 Å². The number of aromatic nitrogens is 2. The Bertz CT molecular complexity index is 804. The van der Waals surface area contributed by atoms with Crippen LogP contribution in [0.5, 0.6) is 0 Å². The Labute approximate surface area is 122 Å². The van der Waals surface area contributed by atoms with Crippen molar-refractivity contribution in [2.45, 2.75) is 29.5 Å². The van der Waals surface area contributed by atoms with Crippen LogP contribution in [0.3, 0.4) is 0 Å². The number of nitrogens with zero attached hydrogens (tertiary/aromatic N) is 3.